The molecule has 0 fully saturated rings. The number of nitrogens with zero attached hydrogens (tertiary/aromatic N) is 1. The molecule has 1 aromatic heterocycles. The minimum atomic E-state index is 0.307. The predicted octanol–water partition coefficient (Wildman–Crippen LogP) is 3.67. The van der Waals surface area contributed by atoms with E-state index in [-0.39, 0.29) is 0 Å². The SMILES string of the molecule is Oc1cc(C2=CC=CCC2)nc2ccccc12. The van der Waals surface area contributed by atoms with Crippen molar-refractivity contribution in [3.8, 4) is 5.75 Å². The smallest absolute Gasteiger partial charge is 0.127 e. The van der Waals surface area contributed by atoms with Crippen LogP contribution in [0.5, 0.6) is 5.75 Å². The first-order valence-corrected chi connectivity index (χ1v) is 5.79. The molecule has 2 aromatic rings. The maximum atomic E-state index is 10.00. The van der Waals surface area contributed by atoms with Gasteiger partial charge in [0.2, 0.25) is 0 Å². The summed E-state index contributed by atoms with van der Waals surface area (Å²) in [5.74, 6) is 0.307. The second-order valence-electron chi connectivity index (χ2n) is 4.20. The second kappa shape index (κ2) is 4.06. The van der Waals surface area contributed by atoms with Gasteiger partial charge in [0.1, 0.15) is 5.75 Å². The van der Waals surface area contributed by atoms with E-state index in [1.165, 1.54) is 5.57 Å². The number of pyridine rings is 1. The van der Waals surface area contributed by atoms with Crippen molar-refractivity contribution in [3.63, 3.8) is 0 Å². The Morgan fingerprint density at radius 1 is 1.18 bits per heavy atom. The molecule has 0 bridgehead atoms. The average Bonchev–Trinajstić information content (AvgIpc) is 2.40. The van der Waals surface area contributed by atoms with Gasteiger partial charge in [-0.15, -0.1) is 0 Å². The summed E-state index contributed by atoms with van der Waals surface area (Å²) >= 11 is 0. The van der Waals surface area contributed by atoms with Gasteiger partial charge >= 0.3 is 0 Å². The molecule has 0 saturated carbocycles. The van der Waals surface area contributed by atoms with E-state index in [4.69, 9.17) is 0 Å². The first kappa shape index (κ1) is 10.1. The van der Waals surface area contributed by atoms with Gasteiger partial charge in [0.05, 0.1) is 11.2 Å². The molecule has 3 rings (SSSR count). The Labute approximate surface area is 99.9 Å². The van der Waals surface area contributed by atoms with Crippen LogP contribution in [-0.2, 0) is 0 Å². The highest BCUT2D eigenvalue weighted by molar-refractivity contribution is 5.87. The molecule has 2 heteroatoms. The summed E-state index contributed by atoms with van der Waals surface area (Å²) in [5.41, 5.74) is 2.91. The van der Waals surface area contributed by atoms with Crippen LogP contribution in [0.25, 0.3) is 16.5 Å². The van der Waals surface area contributed by atoms with Gasteiger partial charge in [0, 0.05) is 11.5 Å². The number of fused-ring (bicyclic) bond motifs is 1. The van der Waals surface area contributed by atoms with Crippen molar-refractivity contribution in [1.82, 2.24) is 4.98 Å². The van der Waals surface area contributed by atoms with E-state index in [1.54, 1.807) is 6.07 Å². The zero-order valence-corrected chi connectivity index (χ0v) is 9.43. The maximum Gasteiger partial charge on any atom is 0.127 e. The van der Waals surface area contributed by atoms with E-state index in [0.717, 1.165) is 29.4 Å². The molecule has 0 saturated heterocycles. The fourth-order valence-electron chi connectivity index (χ4n) is 2.14. The lowest BCUT2D eigenvalue weighted by molar-refractivity contribution is 0.481. The van der Waals surface area contributed by atoms with Crippen molar-refractivity contribution in [3.05, 3.63) is 54.3 Å². The van der Waals surface area contributed by atoms with Crippen LogP contribution >= 0.6 is 0 Å². The van der Waals surface area contributed by atoms with Crippen molar-refractivity contribution in [2.24, 2.45) is 0 Å². The molecule has 1 heterocycles. The van der Waals surface area contributed by atoms with Gasteiger partial charge in [-0.1, -0.05) is 30.4 Å². The fraction of sp³-hybridized carbons (Fsp3) is 0.133. The standard InChI is InChI=1S/C15H13NO/c17-15-10-14(11-6-2-1-3-7-11)16-13-9-5-4-8-12(13)15/h1-2,4-6,8-10H,3,7H2,(H,16,17). The van der Waals surface area contributed by atoms with E-state index in [0.29, 0.717) is 5.75 Å². The first-order valence-electron chi connectivity index (χ1n) is 5.79. The quantitative estimate of drug-likeness (QED) is 0.800. The Bertz CT molecular complexity index is 626. The molecule has 0 spiro atoms. The number of hydrogen-bond acceptors (Lipinski definition) is 2. The number of rotatable bonds is 1. The van der Waals surface area contributed by atoms with Gasteiger partial charge in [-0.3, -0.25) is 0 Å². The summed E-state index contributed by atoms with van der Waals surface area (Å²) in [6.45, 7) is 0. The lowest BCUT2D eigenvalue weighted by Gasteiger charge is -2.10. The van der Waals surface area contributed by atoms with Crippen LogP contribution in [0.15, 0.2) is 48.6 Å². The first-order chi connectivity index (χ1) is 8.34. The molecule has 0 aliphatic heterocycles. The normalized spacial score (nSPS) is 14.9. The molecule has 1 aliphatic carbocycles. The highest BCUT2D eigenvalue weighted by atomic mass is 16.3. The van der Waals surface area contributed by atoms with Gasteiger partial charge in [0.15, 0.2) is 0 Å². The zero-order valence-electron chi connectivity index (χ0n) is 9.43. The Morgan fingerprint density at radius 3 is 2.88 bits per heavy atom. The summed E-state index contributed by atoms with van der Waals surface area (Å²) in [4.78, 5) is 4.60. The largest absolute Gasteiger partial charge is 0.507 e. The number of benzene rings is 1. The van der Waals surface area contributed by atoms with Crippen molar-refractivity contribution in [2.45, 2.75) is 12.8 Å². The third-order valence-electron chi connectivity index (χ3n) is 3.04. The Balaban J connectivity index is 2.18. The van der Waals surface area contributed by atoms with E-state index < -0.39 is 0 Å². The Kier molecular flexibility index (Phi) is 2.41. The number of para-hydroxylation sites is 1. The third-order valence-corrected chi connectivity index (χ3v) is 3.04. The number of aromatic nitrogens is 1. The lowest BCUT2D eigenvalue weighted by atomic mass is 10.0. The molecular weight excluding hydrogens is 210 g/mol. The van der Waals surface area contributed by atoms with Crippen LogP contribution in [0, 0.1) is 0 Å². The van der Waals surface area contributed by atoms with Gasteiger partial charge in [0.25, 0.3) is 0 Å². The van der Waals surface area contributed by atoms with Crippen molar-refractivity contribution < 1.29 is 5.11 Å². The minimum Gasteiger partial charge on any atom is -0.507 e. The summed E-state index contributed by atoms with van der Waals surface area (Å²) in [6, 6.07) is 9.42. The van der Waals surface area contributed by atoms with E-state index >= 15 is 0 Å². The summed E-state index contributed by atoms with van der Waals surface area (Å²) in [7, 11) is 0. The molecule has 1 aliphatic rings. The average molecular weight is 223 g/mol. The van der Waals surface area contributed by atoms with Crippen LogP contribution in [0.2, 0.25) is 0 Å². The molecule has 84 valence electrons. The Morgan fingerprint density at radius 2 is 2.06 bits per heavy atom. The van der Waals surface area contributed by atoms with Crippen molar-refractivity contribution in [2.75, 3.05) is 0 Å². The van der Waals surface area contributed by atoms with Crippen LogP contribution in [-0.4, -0.2) is 10.1 Å². The maximum absolute atomic E-state index is 10.00. The second-order valence-corrected chi connectivity index (χ2v) is 4.20. The molecular formula is C15H13NO. The van der Waals surface area contributed by atoms with Crippen LogP contribution in [0.3, 0.4) is 0 Å². The van der Waals surface area contributed by atoms with Gasteiger partial charge in [-0.05, 0) is 30.5 Å². The molecule has 0 amide bonds. The molecule has 1 aromatic carbocycles. The molecule has 0 radical (unpaired) electrons. The van der Waals surface area contributed by atoms with Crippen LogP contribution < -0.4 is 0 Å². The molecule has 1 N–H and O–H groups in total. The van der Waals surface area contributed by atoms with Gasteiger partial charge in [-0.2, -0.15) is 0 Å². The predicted molar refractivity (Wildman–Crippen MR) is 69.8 cm³/mol. The number of hydrogen-bond donors (Lipinski definition) is 1. The minimum absolute atomic E-state index is 0.307. The highest BCUT2D eigenvalue weighted by Crippen LogP contribution is 2.29. The van der Waals surface area contributed by atoms with E-state index in [1.807, 2.05) is 30.3 Å². The monoisotopic (exact) mass is 223 g/mol. The van der Waals surface area contributed by atoms with Crippen molar-refractivity contribution in [1.29, 1.82) is 0 Å². The molecule has 0 unspecified atom stereocenters. The summed E-state index contributed by atoms with van der Waals surface area (Å²) < 4.78 is 0. The topological polar surface area (TPSA) is 33.1 Å². The van der Waals surface area contributed by atoms with E-state index in [9.17, 15) is 5.11 Å². The molecule has 0 atom stereocenters. The van der Waals surface area contributed by atoms with Crippen molar-refractivity contribution >= 4 is 16.5 Å². The molecule has 17 heavy (non-hydrogen) atoms. The lowest BCUT2D eigenvalue weighted by Crippen LogP contribution is -1.92. The fourth-order valence-corrected chi connectivity index (χ4v) is 2.14. The summed E-state index contributed by atoms with van der Waals surface area (Å²) in [5, 5.41) is 10.8. The third kappa shape index (κ3) is 1.82. The van der Waals surface area contributed by atoms with Gasteiger partial charge in [-0.25, -0.2) is 4.98 Å². The van der Waals surface area contributed by atoms with Crippen LogP contribution in [0.4, 0.5) is 0 Å². The van der Waals surface area contributed by atoms with Crippen LogP contribution in [0.1, 0.15) is 18.5 Å². The molecule has 2 nitrogen and oxygen atoms in total. The summed E-state index contributed by atoms with van der Waals surface area (Å²) in [6.07, 6.45) is 8.29. The Hall–Kier alpha value is -2.09. The highest BCUT2D eigenvalue weighted by Gasteiger charge is 2.08. The van der Waals surface area contributed by atoms with E-state index in [2.05, 4.69) is 17.1 Å². The zero-order chi connectivity index (χ0) is 11.7. The number of aromatic hydroxyl groups is 1. The number of allylic oxidation sites excluding steroid dienone is 4. The van der Waals surface area contributed by atoms with Gasteiger partial charge < -0.3 is 5.11 Å².